The highest BCUT2D eigenvalue weighted by Crippen LogP contribution is 2.34. The van der Waals surface area contributed by atoms with E-state index in [1.54, 1.807) is 12.1 Å². The summed E-state index contributed by atoms with van der Waals surface area (Å²) < 4.78 is 11.4. The molecule has 0 aliphatic carbocycles. The molecule has 1 atom stereocenters. The molecule has 0 saturated carbocycles. The summed E-state index contributed by atoms with van der Waals surface area (Å²) in [5.74, 6) is 0.461. The van der Waals surface area contributed by atoms with Crippen molar-refractivity contribution in [1.29, 1.82) is 0 Å². The van der Waals surface area contributed by atoms with Crippen LogP contribution in [-0.4, -0.2) is 43.7 Å². The summed E-state index contributed by atoms with van der Waals surface area (Å²) in [5, 5.41) is 0.678. The van der Waals surface area contributed by atoms with Crippen LogP contribution >= 0.6 is 0 Å². The number of hydrogen-bond acceptors (Lipinski definition) is 5. The number of benzene rings is 1. The Hall–Kier alpha value is -2.14. The fourth-order valence-corrected chi connectivity index (χ4v) is 2.70. The number of hydrogen-bond donors (Lipinski definition) is 0. The van der Waals surface area contributed by atoms with Gasteiger partial charge in [-0.3, -0.25) is 9.59 Å². The van der Waals surface area contributed by atoms with Gasteiger partial charge in [-0.05, 0) is 40.1 Å². The van der Waals surface area contributed by atoms with Crippen molar-refractivity contribution in [3.63, 3.8) is 0 Å². The maximum Gasteiger partial charge on any atom is 0.177 e. The molecule has 2 aromatic rings. The van der Waals surface area contributed by atoms with Gasteiger partial charge in [0.2, 0.25) is 0 Å². The molecule has 0 aliphatic heterocycles. The third kappa shape index (κ3) is 3.79. The molecule has 0 aliphatic rings. The zero-order valence-corrected chi connectivity index (χ0v) is 14.3. The second-order valence-corrected chi connectivity index (χ2v) is 6.26. The predicted octanol–water partition coefficient (Wildman–Crippen LogP) is 3.41. The maximum absolute atomic E-state index is 12.0. The Labute approximate surface area is 136 Å². The Balaban J connectivity index is 2.43. The second-order valence-electron chi connectivity index (χ2n) is 6.26. The molecule has 5 nitrogen and oxygen atoms in total. The van der Waals surface area contributed by atoms with Crippen molar-refractivity contribution in [1.82, 2.24) is 4.90 Å². The van der Waals surface area contributed by atoms with E-state index in [9.17, 15) is 9.59 Å². The number of fused-ring (bicyclic) bond motifs is 1. The van der Waals surface area contributed by atoms with Gasteiger partial charge in [0.1, 0.15) is 0 Å². The number of nitrogens with zero attached hydrogens (tertiary/aromatic N) is 1. The van der Waals surface area contributed by atoms with Crippen LogP contribution in [0.4, 0.5) is 0 Å². The smallest absolute Gasteiger partial charge is 0.177 e. The van der Waals surface area contributed by atoms with Crippen molar-refractivity contribution >= 4 is 22.5 Å². The molecule has 0 N–H and O–H groups in total. The molecule has 1 heterocycles. The van der Waals surface area contributed by atoms with E-state index >= 15 is 0 Å². The zero-order chi connectivity index (χ0) is 17.1. The number of Topliss-reactive ketones (excluding diaryl/α,β-unsaturated/α-hetero) is 2. The molecule has 0 radical (unpaired) electrons. The molecule has 0 fully saturated rings. The van der Waals surface area contributed by atoms with Crippen LogP contribution in [-0.2, 0) is 0 Å². The Morgan fingerprint density at radius 2 is 1.87 bits per heavy atom. The number of ketones is 2. The van der Waals surface area contributed by atoms with Crippen molar-refractivity contribution in [3.05, 3.63) is 29.5 Å². The minimum atomic E-state index is -0.152. The first-order chi connectivity index (χ1) is 10.8. The molecule has 1 aromatic carbocycles. The SMILES string of the molecule is CC(=O)c1cc(C(C)=O)c2ccoc2c1OCC(C)CN(C)C. The van der Waals surface area contributed by atoms with Gasteiger partial charge in [-0.15, -0.1) is 0 Å². The van der Waals surface area contributed by atoms with Gasteiger partial charge in [0.25, 0.3) is 0 Å². The molecule has 0 amide bonds. The fourth-order valence-electron chi connectivity index (χ4n) is 2.70. The van der Waals surface area contributed by atoms with Crippen LogP contribution in [0.2, 0.25) is 0 Å². The summed E-state index contributed by atoms with van der Waals surface area (Å²) in [6.45, 7) is 6.36. The first-order valence-electron chi connectivity index (χ1n) is 7.64. The van der Waals surface area contributed by atoms with E-state index in [1.807, 2.05) is 14.1 Å². The first kappa shape index (κ1) is 17.2. The molecular weight excluding hydrogens is 294 g/mol. The van der Waals surface area contributed by atoms with Crippen LogP contribution in [0.5, 0.6) is 5.75 Å². The van der Waals surface area contributed by atoms with Crippen LogP contribution < -0.4 is 4.74 Å². The van der Waals surface area contributed by atoms with E-state index in [2.05, 4.69) is 11.8 Å². The topological polar surface area (TPSA) is 59.8 Å². The molecule has 23 heavy (non-hydrogen) atoms. The lowest BCUT2D eigenvalue weighted by Gasteiger charge is -2.19. The lowest BCUT2D eigenvalue weighted by molar-refractivity contribution is 0.101. The van der Waals surface area contributed by atoms with E-state index in [-0.39, 0.29) is 11.6 Å². The van der Waals surface area contributed by atoms with Crippen molar-refractivity contribution in [2.75, 3.05) is 27.2 Å². The lowest BCUT2D eigenvalue weighted by atomic mass is 10.00. The summed E-state index contributed by atoms with van der Waals surface area (Å²) >= 11 is 0. The van der Waals surface area contributed by atoms with Crippen LogP contribution in [0.25, 0.3) is 11.0 Å². The molecular formula is C18H23NO4. The molecule has 0 bridgehead atoms. The van der Waals surface area contributed by atoms with Gasteiger partial charge in [0, 0.05) is 23.4 Å². The van der Waals surface area contributed by atoms with Crippen LogP contribution in [0, 0.1) is 5.92 Å². The Morgan fingerprint density at radius 1 is 1.22 bits per heavy atom. The normalized spacial score (nSPS) is 12.6. The first-order valence-corrected chi connectivity index (χ1v) is 7.64. The van der Waals surface area contributed by atoms with Gasteiger partial charge < -0.3 is 14.1 Å². The Morgan fingerprint density at radius 3 is 2.43 bits per heavy atom. The Bertz CT molecular complexity index is 730. The monoisotopic (exact) mass is 317 g/mol. The van der Waals surface area contributed by atoms with E-state index in [0.29, 0.717) is 40.4 Å². The van der Waals surface area contributed by atoms with Gasteiger partial charge in [-0.25, -0.2) is 0 Å². The van der Waals surface area contributed by atoms with Crippen LogP contribution in [0.3, 0.4) is 0 Å². The predicted molar refractivity (Wildman–Crippen MR) is 89.4 cm³/mol. The molecule has 0 saturated heterocycles. The van der Waals surface area contributed by atoms with Crippen molar-refractivity contribution in [3.8, 4) is 5.75 Å². The summed E-state index contributed by atoms with van der Waals surface area (Å²) in [6, 6.07) is 3.33. The minimum absolute atomic E-state index is 0.105. The number of carbonyl (C=O) groups excluding carboxylic acids is 2. The molecule has 2 rings (SSSR count). The maximum atomic E-state index is 12.0. The largest absolute Gasteiger partial charge is 0.489 e. The quantitative estimate of drug-likeness (QED) is 0.732. The summed E-state index contributed by atoms with van der Waals surface area (Å²) in [5.41, 5.74) is 1.32. The lowest BCUT2D eigenvalue weighted by Crippen LogP contribution is -2.24. The second kappa shape index (κ2) is 6.96. The highest BCUT2D eigenvalue weighted by molar-refractivity contribution is 6.12. The standard InChI is InChI=1S/C18H23NO4/c1-11(9-19(4)5)10-23-18-16(13(3)21)8-15(12(2)20)14-6-7-22-17(14)18/h6-8,11H,9-10H2,1-5H3. The van der Waals surface area contributed by atoms with Gasteiger partial charge in [0.05, 0.1) is 18.4 Å². The summed E-state index contributed by atoms with van der Waals surface area (Å²) in [4.78, 5) is 25.9. The Kier molecular flexibility index (Phi) is 5.21. The number of rotatable bonds is 7. The zero-order valence-electron chi connectivity index (χ0n) is 14.3. The molecule has 1 unspecified atom stereocenters. The van der Waals surface area contributed by atoms with Gasteiger partial charge in [-0.1, -0.05) is 6.92 Å². The molecule has 124 valence electrons. The molecule has 0 spiro atoms. The van der Waals surface area contributed by atoms with Crippen molar-refractivity contribution in [2.24, 2.45) is 5.92 Å². The van der Waals surface area contributed by atoms with Gasteiger partial charge >= 0.3 is 0 Å². The van der Waals surface area contributed by atoms with Crippen LogP contribution in [0.1, 0.15) is 41.5 Å². The third-order valence-electron chi connectivity index (χ3n) is 3.64. The van der Waals surface area contributed by atoms with E-state index in [1.165, 1.54) is 20.1 Å². The number of furan rings is 1. The average Bonchev–Trinajstić information content (AvgIpc) is 2.91. The highest BCUT2D eigenvalue weighted by Gasteiger charge is 2.21. The van der Waals surface area contributed by atoms with E-state index in [0.717, 1.165) is 6.54 Å². The molecule has 1 aromatic heterocycles. The molecule has 5 heteroatoms. The number of carbonyl (C=O) groups is 2. The summed E-state index contributed by atoms with van der Waals surface area (Å²) in [6.07, 6.45) is 1.51. The van der Waals surface area contributed by atoms with E-state index < -0.39 is 0 Å². The fraction of sp³-hybridized carbons (Fsp3) is 0.444. The van der Waals surface area contributed by atoms with Crippen molar-refractivity contribution in [2.45, 2.75) is 20.8 Å². The van der Waals surface area contributed by atoms with Crippen LogP contribution in [0.15, 0.2) is 22.8 Å². The van der Waals surface area contributed by atoms with Gasteiger partial charge in [-0.2, -0.15) is 0 Å². The highest BCUT2D eigenvalue weighted by atomic mass is 16.5. The number of ether oxygens (including phenoxy) is 1. The summed E-state index contributed by atoms with van der Waals surface area (Å²) in [7, 11) is 4.01. The average molecular weight is 317 g/mol. The minimum Gasteiger partial charge on any atom is -0.489 e. The van der Waals surface area contributed by atoms with Gasteiger partial charge in [0.15, 0.2) is 22.9 Å². The van der Waals surface area contributed by atoms with Crippen molar-refractivity contribution < 1.29 is 18.7 Å². The van der Waals surface area contributed by atoms with E-state index in [4.69, 9.17) is 9.15 Å². The third-order valence-corrected chi connectivity index (χ3v) is 3.64.